The number of likely N-dealkylation sites (tertiary alicyclic amines) is 1. The molecule has 104 valence electrons. The van der Waals surface area contributed by atoms with E-state index < -0.39 is 0 Å². The van der Waals surface area contributed by atoms with Crippen LogP contribution in [0.15, 0.2) is 30.3 Å². The Morgan fingerprint density at radius 2 is 2.11 bits per heavy atom. The fraction of sp³-hybridized carbons (Fsp3) is 0.533. The smallest absolute Gasteiger partial charge is 0.234 e. The van der Waals surface area contributed by atoms with Crippen molar-refractivity contribution >= 4 is 5.91 Å². The Hall–Kier alpha value is -1.39. The molecule has 1 aromatic carbocycles. The van der Waals surface area contributed by atoms with Gasteiger partial charge in [-0.15, -0.1) is 0 Å². The molecule has 1 unspecified atom stereocenters. The fourth-order valence-electron chi connectivity index (χ4n) is 2.35. The molecule has 1 aliphatic heterocycles. The van der Waals surface area contributed by atoms with Gasteiger partial charge < -0.3 is 10.4 Å². The molecule has 1 atom stereocenters. The average Bonchev–Trinajstić information content (AvgIpc) is 2.40. The van der Waals surface area contributed by atoms with E-state index in [1.54, 1.807) is 0 Å². The van der Waals surface area contributed by atoms with Gasteiger partial charge in [0.15, 0.2) is 0 Å². The van der Waals surface area contributed by atoms with E-state index in [0.29, 0.717) is 24.9 Å². The van der Waals surface area contributed by atoms with Crippen LogP contribution in [0.1, 0.15) is 18.4 Å². The maximum Gasteiger partial charge on any atom is 0.234 e. The van der Waals surface area contributed by atoms with Crippen LogP contribution in [-0.4, -0.2) is 48.7 Å². The molecule has 0 spiro atoms. The summed E-state index contributed by atoms with van der Waals surface area (Å²) in [6.07, 6.45) is 0. The molecule has 19 heavy (non-hydrogen) atoms. The summed E-state index contributed by atoms with van der Waals surface area (Å²) in [4.78, 5) is 13.8. The molecule has 1 aliphatic rings. The van der Waals surface area contributed by atoms with Crippen molar-refractivity contribution in [3.05, 3.63) is 35.9 Å². The summed E-state index contributed by atoms with van der Waals surface area (Å²) in [6.45, 7) is 5.11. The number of benzene rings is 1. The van der Waals surface area contributed by atoms with E-state index in [2.05, 4.69) is 29.3 Å². The van der Waals surface area contributed by atoms with Crippen LogP contribution in [-0.2, 0) is 4.79 Å². The molecule has 1 saturated heterocycles. The van der Waals surface area contributed by atoms with Gasteiger partial charge in [-0.2, -0.15) is 0 Å². The number of nitrogens with zero attached hydrogens (tertiary/aromatic N) is 1. The van der Waals surface area contributed by atoms with E-state index in [-0.39, 0.29) is 12.5 Å². The summed E-state index contributed by atoms with van der Waals surface area (Å²) in [5.74, 6) is 0.752. The van der Waals surface area contributed by atoms with Crippen LogP contribution in [0.2, 0.25) is 0 Å². The topological polar surface area (TPSA) is 52.6 Å². The van der Waals surface area contributed by atoms with Crippen LogP contribution in [0.5, 0.6) is 0 Å². The quantitative estimate of drug-likeness (QED) is 0.798. The first-order valence-corrected chi connectivity index (χ1v) is 6.84. The fourth-order valence-corrected chi connectivity index (χ4v) is 2.35. The highest BCUT2D eigenvalue weighted by atomic mass is 16.3. The van der Waals surface area contributed by atoms with Gasteiger partial charge in [-0.3, -0.25) is 9.69 Å². The SMILES string of the molecule is CC(CNC(=O)CN1CC(CO)C1)c1ccccc1. The van der Waals surface area contributed by atoms with Crippen LogP contribution in [0.4, 0.5) is 0 Å². The van der Waals surface area contributed by atoms with Crippen LogP contribution in [0, 0.1) is 5.92 Å². The summed E-state index contributed by atoms with van der Waals surface area (Å²) in [7, 11) is 0. The normalized spacial score (nSPS) is 17.8. The minimum atomic E-state index is 0.0687. The highest BCUT2D eigenvalue weighted by molar-refractivity contribution is 5.78. The number of nitrogens with one attached hydrogen (secondary N) is 1. The third kappa shape index (κ3) is 4.04. The second kappa shape index (κ2) is 6.68. The molecular formula is C15H22N2O2. The molecule has 1 heterocycles. The van der Waals surface area contributed by atoms with Crippen LogP contribution in [0.3, 0.4) is 0 Å². The van der Waals surface area contributed by atoms with Gasteiger partial charge in [0.05, 0.1) is 6.54 Å². The molecule has 4 nitrogen and oxygen atoms in total. The third-order valence-corrected chi connectivity index (χ3v) is 3.63. The van der Waals surface area contributed by atoms with E-state index in [1.165, 1.54) is 5.56 Å². The Kier molecular flexibility index (Phi) is 4.93. The van der Waals surface area contributed by atoms with Gasteiger partial charge >= 0.3 is 0 Å². The van der Waals surface area contributed by atoms with Crippen molar-refractivity contribution in [3.63, 3.8) is 0 Å². The van der Waals surface area contributed by atoms with E-state index in [4.69, 9.17) is 5.11 Å². The predicted octanol–water partition coefficient (Wildman–Crippen LogP) is 0.830. The van der Waals surface area contributed by atoms with Crippen LogP contribution in [0.25, 0.3) is 0 Å². The zero-order chi connectivity index (χ0) is 13.7. The molecule has 1 aromatic rings. The van der Waals surface area contributed by atoms with Gasteiger partial charge in [0.2, 0.25) is 5.91 Å². The monoisotopic (exact) mass is 262 g/mol. The van der Waals surface area contributed by atoms with Gasteiger partial charge in [0.25, 0.3) is 0 Å². The van der Waals surface area contributed by atoms with Crippen molar-refractivity contribution in [3.8, 4) is 0 Å². The summed E-state index contributed by atoms with van der Waals surface area (Å²) in [5.41, 5.74) is 1.24. The second-order valence-electron chi connectivity index (χ2n) is 5.36. The third-order valence-electron chi connectivity index (χ3n) is 3.63. The highest BCUT2D eigenvalue weighted by Crippen LogP contribution is 2.14. The predicted molar refractivity (Wildman–Crippen MR) is 74.9 cm³/mol. The lowest BCUT2D eigenvalue weighted by atomic mass is 10.0. The largest absolute Gasteiger partial charge is 0.396 e. The lowest BCUT2D eigenvalue weighted by molar-refractivity contribution is -0.124. The van der Waals surface area contributed by atoms with Crippen molar-refractivity contribution in [2.45, 2.75) is 12.8 Å². The number of hydrogen-bond donors (Lipinski definition) is 2. The number of hydrogen-bond acceptors (Lipinski definition) is 3. The maximum atomic E-state index is 11.8. The Bertz CT molecular complexity index is 402. The van der Waals surface area contributed by atoms with Gasteiger partial charge in [0, 0.05) is 32.2 Å². The summed E-state index contributed by atoms with van der Waals surface area (Å²) >= 11 is 0. The molecule has 1 amide bonds. The Balaban J connectivity index is 1.66. The van der Waals surface area contributed by atoms with E-state index in [9.17, 15) is 4.79 Å². The molecule has 0 aromatic heterocycles. The minimum absolute atomic E-state index is 0.0687. The Labute approximate surface area is 114 Å². The number of rotatable bonds is 6. The van der Waals surface area contributed by atoms with E-state index >= 15 is 0 Å². The first-order chi connectivity index (χ1) is 9.19. The zero-order valence-electron chi connectivity index (χ0n) is 11.4. The minimum Gasteiger partial charge on any atom is -0.396 e. The summed E-state index contributed by atoms with van der Waals surface area (Å²) < 4.78 is 0. The van der Waals surface area contributed by atoms with Crippen molar-refractivity contribution in [2.24, 2.45) is 5.92 Å². The number of aliphatic hydroxyl groups excluding tert-OH is 1. The lowest BCUT2D eigenvalue weighted by Gasteiger charge is -2.37. The zero-order valence-corrected chi connectivity index (χ0v) is 11.4. The number of carbonyl (C=O) groups excluding carboxylic acids is 1. The Morgan fingerprint density at radius 1 is 1.42 bits per heavy atom. The van der Waals surface area contributed by atoms with Crippen LogP contribution >= 0.6 is 0 Å². The molecule has 0 bridgehead atoms. The highest BCUT2D eigenvalue weighted by Gasteiger charge is 2.27. The van der Waals surface area contributed by atoms with Gasteiger partial charge in [0.1, 0.15) is 0 Å². The van der Waals surface area contributed by atoms with Crippen molar-refractivity contribution < 1.29 is 9.90 Å². The molecule has 2 rings (SSSR count). The second-order valence-corrected chi connectivity index (χ2v) is 5.36. The number of aliphatic hydroxyl groups is 1. The van der Waals surface area contributed by atoms with Crippen molar-refractivity contribution in [1.29, 1.82) is 0 Å². The first-order valence-electron chi connectivity index (χ1n) is 6.84. The van der Waals surface area contributed by atoms with Gasteiger partial charge in [-0.1, -0.05) is 37.3 Å². The number of amides is 1. The molecule has 2 N–H and O–H groups in total. The van der Waals surface area contributed by atoms with Crippen molar-refractivity contribution in [1.82, 2.24) is 10.2 Å². The summed E-state index contributed by atoms with van der Waals surface area (Å²) in [6, 6.07) is 10.2. The molecule has 0 saturated carbocycles. The molecule has 1 fully saturated rings. The molecule has 0 radical (unpaired) electrons. The molecule has 0 aliphatic carbocycles. The molecule has 4 heteroatoms. The van der Waals surface area contributed by atoms with Crippen LogP contribution < -0.4 is 5.32 Å². The van der Waals surface area contributed by atoms with E-state index in [0.717, 1.165) is 13.1 Å². The standard InChI is InChI=1S/C15H22N2O2/c1-12(14-5-3-2-4-6-14)7-16-15(19)10-17-8-13(9-17)11-18/h2-6,12-13,18H,7-11H2,1H3,(H,16,19). The molecular weight excluding hydrogens is 240 g/mol. The maximum absolute atomic E-state index is 11.8. The Morgan fingerprint density at radius 3 is 2.74 bits per heavy atom. The lowest BCUT2D eigenvalue weighted by Crippen LogP contribution is -2.52. The van der Waals surface area contributed by atoms with Gasteiger partial charge in [-0.05, 0) is 11.5 Å². The first kappa shape index (κ1) is 14.0. The number of carbonyl (C=O) groups is 1. The van der Waals surface area contributed by atoms with Gasteiger partial charge in [-0.25, -0.2) is 0 Å². The van der Waals surface area contributed by atoms with Crippen molar-refractivity contribution in [2.75, 3.05) is 32.8 Å². The summed E-state index contributed by atoms with van der Waals surface area (Å²) in [5, 5.41) is 11.9. The van der Waals surface area contributed by atoms with E-state index in [1.807, 2.05) is 18.2 Å². The average molecular weight is 262 g/mol.